The van der Waals surface area contributed by atoms with Crippen molar-refractivity contribution in [1.29, 1.82) is 0 Å². The molecule has 0 unspecified atom stereocenters. The van der Waals surface area contributed by atoms with Crippen LogP contribution >= 0.6 is 23.7 Å². The fourth-order valence-electron chi connectivity index (χ4n) is 2.66. The summed E-state index contributed by atoms with van der Waals surface area (Å²) >= 11 is 1.77. The monoisotopic (exact) mass is 245 g/mol. The third-order valence-corrected chi connectivity index (χ3v) is 4.17. The Kier molecular flexibility index (Phi) is 3.61. The van der Waals surface area contributed by atoms with E-state index >= 15 is 0 Å². The van der Waals surface area contributed by atoms with Crippen LogP contribution in [0.4, 0.5) is 0 Å². The number of thiazole rings is 1. The number of nitrogens with zero attached hydrogens (tertiary/aromatic N) is 2. The first-order valence-electron chi connectivity index (χ1n) is 5.25. The molecular weight excluding hydrogens is 230 g/mol. The molecule has 0 aromatic carbocycles. The van der Waals surface area contributed by atoms with Gasteiger partial charge in [-0.1, -0.05) is 0 Å². The lowest BCUT2D eigenvalue weighted by atomic mass is 10.1. The molecule has 2 aliphatic rings. The molecule has 2 atom stereocenters. The Bertz CT molecular complexity index is 304. The van der Waals surface area contributed by atoms with E-state index in [0.29, 0.717) is 0 Å². The minimum absolute atomic E-state index is 0. The first kappa shape index (κ1) is 11.3. The molecule has 15 heavy (non-hydrogen) atoms. The van der Waals surface area contributed by atoms with E-state index in [2.05, 4.69) is 15.2 Å². The van der Waals surface area contributed by atoms with Crippen molar-refractivity contribution < 1.29 is 0 Å². The molecule has 2 saturated heterocycles. The maximum absolute atomic E-state index is 4.13. The van der Waals surface area contributed by atoms with Gasteiger partial charge in [0.15, 0.2) is 0 Å². The average molecular weight is 246 g/mol. The van der Waals surface area contributed by atoms with E-state index in [1.165, 1.54) is 30.9 Å². The largest absolute Gasteiger partial charge is 0.315 e. The summed E-state index contributed by atoms with van der Waals surface area (Å²) in [4.78, 5) is 8.14. The summed E-state index contributed by atoms with van der Waals surface area (Å²) in [6.45, 7) is 4.79. The normalized spacial score (nSPS) is 30.1. The maximum Gasteiger partial charge on any atom is 0.0794 e. The molecule has 84 valence electrons. The van der Waals surface area contributed by atoms with E-state index in [1.54, 1.807) is 11.3 Å². The maximum atomic E-state index is 4.13. The molecule has 3 nitrogen and oxygen atoms in total. The van der Waals surface area contributed by atoms with Crippen molar-refractivity contribution in [2.75, 3.05) is 19.6 Å². The van der Waals surface area contributed by atoms with Gasteiger partial charge in [-0.05, 0) is 25.4 Å². The van der Waals surface area contributed by atoms with Gasteiger partial charge < -0.3 is 5.32 Å². The Labute approximate surface area is 100 Å². The predicted octanol–water partition coefficient (Wildman–Crippen LogP) is 1.36. The zero-order chi connectivity index (χ0) is 9.38. The lowest BCUT2D eigenvalue weighted by Crippen LogP contribution is -2.33. The Morgan fingerprint density at radius 1 is 1.53 bits per heavy atom. The molecule has 3 rings (SSSR count). The van der Waals surface area contributed by atoms with Gasteiger partial charge in [-0.2, -0.15) is 0 Å². The van der Waals surface area contributed by atoms with Gasteiger partial charge in [-0.3, -0.25) is 9.88 Å². The quantitative estimate of drug-likeness (QED) is 0.853. The van der Waals surface area contributed by atoms with E-state index in [4.69, 9.17) is 0 Å². The lowest BCUT2D eigenvalue weighted by molar-refractivity contribution is 0.246. The van der Waals surface area contributed by atoms with Crippen LogP contribution in [0.5, 0.6) is 0 Å². The smallest absolute Gasteiger partial charge is 0.0794 e. The van der Waals surface area contributed by atoms with Gasteiger partial charge in [0, 0.05) is 30.2 Å². The summed E-state index contributed by atoms with van der Waals surface area (Å²) in [6, 6.07) is 0.789. The third kappa shape index (κ3) is 2.18. The number of hydrogen-bond acceptors (Lipinski definition) is 4. The van der Waals surface area contributed by atoms with Crippen molar-refractivity contribution in [2.24, 2.45) is 5.92 Å². The molecule has 0 aliphatic carbocycles. The molecule has 1 N–H and O–H groups in total. The molecule has 0 radical (unpaired) electrons. The van der Waals surface area contributed by atoms with Gasteiger partial charge in [-0.25, -0.2) is 0 Å². The summed E-state index contributed by atoms with van der Waals surface area (Å²) in [7, 11) is 0. The second-order valence-electron chi connectivity index (χ2n) is 4.21. The Hall–Kier alpha value is -0.160. The highest BCUT2D eigenvalue weighted by Crippen LogP contribution is 2.28. The lowest BCUT2D eigenvalue weighted by Gasteiger charge is -2.21. The van der Waals surface area contributed by atoms with Gasteiger partial charge in [0.25, 0.3) is 0 Å². The molecule has 0 amide bonds. The van der Waals surface area contributed by atoms with Crippen LogP contribution in [0.15, 0.2) is 11.7 Å². The number of rotatable bonds is 2. The van der Waals surface area contributed by atoms with Crippen molar-refractivity contribution in [3.8, 4) is 0 Å². The topological polar surface area (TPSA) is 28.2 Å². The van der Waals surface area contributed by atoms with Gasteiger partial charge in [0.1, 0.15) is 0 Å². The van der Waals surface area contributed by atoms with Crippen molar-refractivity contribution >= 4 is 23.7 Å². The first-order chi connectivity index (χ1) is 6.93. The summed E-state index contributed by atoms with van der Waals surface area (Å²) in [5.74, 6) is 0.905. The van der Waals surface area contributed by atoms with Crippen LogP contribution < -0.4 is 5.32 Å². The molecule has 2 aliphatic heterocycles. The number of likely N-dealkylation sites (tertiary alicyclic amines) is 1. The summed E-state index contributed by atoms with van der Waals surface area (Å²) in [5, 5.41) is 3.48. The summed E-state index contributed by atoms with van der Waals surface area (Å²) < 4.78 is 0. The highest BCUT2D eigenvalue weighted by molar-refractivity contribution is 7.09. The molecule has 0 saturated carbocycles. The number of halogens is 1. The number of nitrogens with one attached hydrogen (secondary N) is 1. The Morgan fingerprint density at radius 2 is 2.47 bits per heavy atom. The summed E-state index contributed by atoms with van der Waals surface area (Å²) in [5.41, 5.74) is 1.93. The SMILES string of the molecule is Cl.c1ncc(CN2CC[C@H]3CNC[C@H]32)s1. The molecule has 3 heterocycles. The molecule has 0 spiro atoms. The minimum Gasteiger partial charge on any atom is -0.315 e. The van der Waals surface area contributed by atoms with Crippen molar-refractivity contribution in [3.63, 3.8) is 0 Å². The fraction of sp³-hybridized carbons (Fsp3) is 0.700. The second-order valence-corrected chi connectivity index (χ2v) is 5.18. The van der Waals surface area contributed by atoms with Crippen LogP contribution in [0, 0.1) is 5.92 Å². The molecule has 2 fully saturated rings. The number of hydrogen-bond donors (Lipinski definition) is 1. The Morgan fingerprint density at radius 3 is 3.27 bits per heavy atom. The first-order valence-corrected chi connectivity index (χ1v) is 6.13. The third-order valence-electron chi connectivity index (χ3n) is 3.40. The van der Waals surface area contributed by atoms with Gasteiger partial charge in [-0.15, -0.1) is 23.7 Å². The van der Waals surface area contributed by atoms with Crippen LogP contribution in [0.25, 0.3) is 0 Å². The second kappa shape index (κ2) is 4.78. The predicted molar refractivity (Wildman–Crippen MR) is 64.5 cm³/mol. The van der Waals surface area contributed by atoms with Crippen LogP contribution in [0.1, 0.15) is 11.3 Å². The van der Waals surface area contributed by atoms with E-state index in [0.717, 1.165) is 18.5 Å². The van der Waals surface area contributed by atoms with Crippen molar-refractivity contribution in [2.45, 2.75) is 19.0 Å². The molecular formula is C10H16ClN3S. The van der Waals surface area contributed by atoms with E-state index in [-0.39, 0.29) is 12.4 Å². The van der Waals surface area contributed by atoms with Crippen LogP contribution in [-0.4, -0.2) is 35.6 Å². The number of fused-ring (bicyclic) bond motifs is 1. The van der Waals surface area contributed by atoms with E-state index in [1.807, 2.05) is 11.7 Å². The average Bonchev–Trinajstić information content (AvgIpc) is 2.85. The van der Waals surface area contributed by atoms with Gasteiger partial charge in [0.05, 0.1) is 5.51 Å². The highest BCUT2D eigenvalue weighted by Gasteiger charge is 2.37. The van der Waals surface area contributed by atoms with Crippen molar-refractivity contribution in [3.05, 3.63) is 16.6 Å². The van der Waals surface area contributed by atoms with Crippen LogP contribution in [0.3, 0.4) is 0 Å². The molecule has 1 aromatic rings. The highest BCUT2D eigenvalue weighted by atomic mass is 35.5. The fourth-order valence-corrected chi connectivity index (χ4v) is 3.27. The van der Waals surface area contributed by atoms with Crippen LogP contribution in [0.2, 0.25) is 0 Å². The zero-order valence-corrected chi connectivity index (χ0v) is 10.2. The van der Waals surface area contributed by atoms with E-state index < -0.39 is 0 Å². The Balaban J connectivity index is 0.000000853. The van der Waals surface area contributed by atoms with Crippen LogP contribution in [-0.2, 0) is 6.54 Å². The minimum atomic E-state index is 0. The van der Waals surface area contributed by atoms with Gasteiger partial charge >= 0.3 is 0 Å². The van der Waals surface area contributed by atoms with Gasteiger partial charge in [0.2, 0.25) is 0 Å². The zero-order valence-electron chi connectivity index (χ0n) is 8.56. The standard InChI is InChI=1S/C10H15N3S.ClH/c1-2-13(6-9-4-12-7-14-9)10-5-11-3-8(1)10;/h4,7-8,10-11H,1-3,5-6H2;1H/t8-,10+;/m0./s1. The molecule has 1 aromatic heterocycles. The molecule has 5 heteroatoms. The van der Waals surface area contributed by atoms with E-state index in [9.17, 15) is 0 Å². The molecule has 0 bridgehead atoms. The van der Waals surface area contributed by atoms with Crippen molar-refractivity contribution in [1.82, 2.24) is 15.2 Å². The summed E-state index contributed by atoms with van der Waals surface area (Å²) in [6.07, 6.45) is 3.37. The number of aromatic nitrogens is 1.